The van der Waals surface area contributed by atoms with Gasteiger partial charge in [-0.3, -0.25) is 9.88 Å². The molecular weight excluding hydrogens is 224 g/mol. The smallest absolute Gasteiger partial charge is 0.0497 e. The van der Waals surface area contributed by atoms with Gasteiger partial charge in [-0.05, 0) is 45.3 Å². The molecule has 0 spiro atoms. The van der Waals surface area contributed by atoms with Crippen LogP contribution in [0.4, 0.5) is 0 Å². The first-order valence-electron chi connectivity index (χ1n) is 6.56. The number of hydrogen-bond donors (Lipinski definition) is 1. The first-order valence-corrected chi connectivity index (χ1v) is 6.56. The summed E-state index contributed by atoms with van der Waals surface area (Å²) in [5.41, 5.74) is 7.53. The molecule has 1 aromatic heterocycles. The zero-order valence-electron chi connectivity index (χ0n) is 12.0. The molecular formula is C14H26N4. The lowest BCUT2D eigenvalue weighted by Crippen LogP contribution is -2.41. The highest BCUT2D eigenvalue weighted by Crippen LogP contribution is 2.22. The Kier molecular flexibility index (Phi) is 6.25. The molecule has 4 nitrogen and oxygen atoms in total. The Bertz CT molecular complexity index is 326. The maximum atomic E-state index is 6.28. The minimum absolute atomic E-state index is 0.152. The first kappa shape index (κ1) is 15.1. The van der Waals surface area contributed by atoms with Crippen molar-refractivity contribution in [3.63, 3.8) is 0 Å². The lowest BCUT2D eigenvalue weighted by Gasteiger charge is -2.33. The van der Waals surface area contributed by atoms with Crippen molar-refractivity contribution in [3.05, 3.63) is 30.1 Å². The molecule has 4 heteroatoms. The van der Waals surface area contributed by atoms with Crippen LogP contribution < -0.4 is 5.73 Å². The summed E-state index contributed by atoms with van der Waals surface area (Å²) < 4.78 is 0. The molecule has 0 aliphatic heterocycles. The van der Waals surface area contributed by atoms with E-state index in [1.165, 1.54) is 5.56 Å². The molecule has 2 atom stereocenters. The Morgan fingerprint density at radius 3 is 2.28 bits per heavy atom. The second-order valence-electron chi connectivity index (χ2n) is 5.08. The predicted molar refractivity (Wildman–Crippen MR) is 76.4 cm³/mol. The van der Waals surface area contributed by atoms with Crippen molar-refractivity contribution in [2.45, 2.75) is 25.4 Å². The minimum Gasteiger partial charge on any atom is -0.326 e. The molecule has 0 saturated carbocycles. The predicted octanol–water partition coefficient (Wildman–Crippen LogP) is 1.35. The summed E-state index contributed by atoms with van der Waals surface area (Å²) in [6.07, 6.45) is 4.65. The highest BCUT2D eigenvalue weighted by Gasteiger charge is 2.22. The van der Waals surface area contributed by atoms with Crippen LogP contribution in [0.3, 0.4) is 0 Å². The van der Waals surface area contributed by atoms with Gasteiger partial charge in [-0.2, -0.15) is 0 Å². The van der Waals surface area contributed by atoms with Crippen LogP contribution in [0.5, 0.6) is 0 Å². The van der Waals surface area contributed by atoms with Gasteiger partial charge < -0.3 is 10.6 Å². The van der Waals surface area contributed by atoms with E-state index in [0.717, 1.165) is 19.5 Å². The third-order valence-corrected chi connectivity index (χ3v) is 3.30. The van der Waals surface area contributed by atoms with Crippen LogP contribution in [0.15, 0.2) is 24.5 Å². The summed E-state index contributed by atoms with van der Waals surface area (Å²) in [4.78, 5) is 8.61. The molecule has 0 bridgehead atoms. The third-order valence-electron chi connectivity index (χ3n) is 3.30. The molecule has 1 heterocycles. The second-order valence-corrected chi connectivity index (χ2v) is 5.08. The molecule has 1 aromatic rings. The minimum atomic E-state index is 0.152. The van der Waals surface area contributed by atoms with E-state index in [1.807, 2.05) is 12.4 Å². The Labute approximate surface area is 111 Å². The lowest BCUT2D eigenvalue weighted by atomic mass is 9.97. The van der Waals surface area contributed by atoms with Crippen molar-refractivity contribution in [2.75, 3.05) is 34.2 Å². The van der Waals surface area contributed by atoms with Crippen LogP contribution in [0.1, 0.15) is 24.9 Å². The van der Waals surface area contributed by atoms with Crippen molar-refractivity contribution < 1.29 is 0 Å². The van der Waals surface area contributed by atoms with Crippen molar-refractivity contribution in [1.29, 1.82) is 0 Å². The molecule has 0 saturated heterocycles. The highest BCUT2D eigenvalue weighted by molar-refractivity contribution is 5.17. The fraction of sp³-hybridized carbons (Fsp3) is 0.643. The van der Waals surface area contributed by atoms with E-state index in [9.17, 15) is 0 Å². The van der Waals surface area contributed by atoms with Gasteiger partial charge in [0.1, 0.15) is 0 Å². The molecule has 0 radical (unpaired) electrons. The van der Waals surface area contributed by atoms with Crippen LogP contribution in [-0.2, 0) is 0 Å². The second kappa shape index (κ2) is 7.46. The monoisotopic (exact) mass is 250 g/mol. The topological polar surface area (TPSA) is 45.4 Å². The number of nitrogens with zero attached hydrogens (tertiary/aromatic N) is 3. The van der Waals surface area contributed by atoms with E-state index in [2.05, 4.69) is 55.0 Å². The standard InChI is InChI=1S/C14H26N4/c1-5-13(15)14(12-6-8-16-9-7-12)18(4)11-10-17(2)3/h6-9,13-14H,5,10-11,15H2,1-4H3. The van der Waals surface area contributed by atoms with Crippen molar-refractivity contribution in [1.82, 2.24) is 14.8 Å². The van der Waals surface area contributed by atoms with E-state index < -0.39 is 0 Å². The molecule has 0 aliphatic carbocycles. The van der Waals surface area contributed by atoms with Gasteiger partial charge in [0.2, 0.25) is 0 Å². The molecule has 18 heavy (non-hydrogen) atoms. The number of likely N-dealkylation sites (N-methyl/N-ethyl adjacent to an activating group) is 2. The first-order chi connectivity index (χ1) is 8.56. The third kappa shape index (κ3) is 4.37. The van der Waals surface area contributed by atoms with E-state index in [0.29, 0.717) is 0 Å². The largest absolute Gasteiger partial charge is 0.326 e. The van der Waals surface area contributed by atoms with Gasteiger partial charge in [0.25, 0.3) is 0 Å². The van der Waals surface area contributed by atoms with Gasteiger partial charge in [0.15, 0.2) is 0 Å². The van der Waals surface area contributed by atoms with E-state index >= 15 is 0 Å². The quantitative estimate of drug-likeness (QED) is 0.793. The van der Waals surface area contributed by atoms with Gasteiger partial charge in [0.05, 0.1) is 0 Å². The number of hydrogen-bond acceptors (Lipinski definition) is 4. The summed E-state index contributed by atoms with van der Waals surface area (Å²) in [5.74, 6) is 0. The highest BCUT2D eigenvalue weighted by atomic mass is 15.2. The van der Waals surface area contributed by atoms with Crippen molar-refractivity contribution in [2.24, 2.45) is 5.73 Å². The summed E-state index contributed by atoms with van der Waals surface area (Å²) in [5, 5.41) is 0. The zero-order valence-corrected chi connectivity index (χ0v) is 12.0. The Morgan fingerprint density at radius 1 is 1.17 bits per heavy atom. The zero-order chi connectivity index (χ0) is 13.5. The maximum Gasteiger partial charge on any atom is 0.0497 e. The Balaban J connectivity index is 2.78. The van der Waals surface area contributed by atoms with E-state index in [-0.39, 0.29) is 12.1 Å². The summed E-state index contributed by atoms with van der Waals surface area (Å²) in [6.45, 7) is 4.18. The number of rotatable bonds is 7. The molecule has 1 rings (SSSR count). The lowest BCUT2D eigenvalue weighted by molar-refractivity contribution is 0.191. The van der Waals surface area contributed by atoms with E-state index in [4.69, 9.17) is 5.73 Å². The SMILES string of the molecule is CCC(N)C(c1ccncc1)N(C)CCN(C)C. The van der Waals surface area contributed by atoms with Crippen molar-refractivity contribution >= 4 is 0 Å². The van der Waals surface area contributed by atoms with E-state index in [1.54, 1.807) is 0 Å². The van der Waals surface area contributed by atoms with Gasteiger partial charge in [-0.25, -0.2) is 0 Å². The molecule has 2 unspecified atom stereocenters. The fourth-order valence-electron chi connectivity index (χ4n) is 2.11. The maximum absolute atomic E-state index is 6.28. The number of pyridine rings is 1. The Morgan fingerprint density at radius 2 is 1.78 bits per heavy atom. The molecule has 102 valence electrons. The molecule has 0 aromatic carbocycles. The molecule has 0 amide bonds. The van der Waals surface area contributed by atoms with Crippen LogP contribution in [0.25, 0.3) is 0 Å². The number of nitrogens with two attached hydrogens (primary N) is 1. The Hall–Kier alpha value is -0.970. The van der Waals surface area contributed by atoms with Gasteiger partial charge >= 0.3 is 0 Å². The summed E-state index contributed by atoms with van der Waals surface area (Å²) in [6, 6.07) is 4.54. The molecule has 2 N–H and O–H groups in total. The normalized spacial score (nSPS) is 15.1. The van der Waals surface area contributed by atoms with Crippen LogP contribution in [-0.4, -0.2) is 55.1 Å². The molecule has 0 fully saturated rings. The molecule has 0 aliphatic rings. The van der Waals surface area contributed by atoms with Crippen LogP contribution in [0, 0.1) is 0 Å². The summed E-state index contributed by atoms with van der Waals surface area (Å²) >= 11 is 0. The van der Waals surface area contributed by atoms with Crippen molar-refractivity contribution in [3.8, 4) is 0 Å². The van der Waals surface area contributed by atoms with Gasteiger partial charge in [-0.1, -0.05) is 6.92 Å². The number of aromatic nitrogens is 1. The van der Waals surface area contributed by atoms with Gasteiger partial charge in [0, 0.05) is 37.6 Å². The van der Waals surface area contributed by atoms with Crippen LogP contribution >= 0.6 is 0 Å². The fourth-order valence-corrected chi connectivity index (χ4v) is 2.11. The average Bonchev–Trinajstić information content (AvgIpc) is 2.37. The van der Waals surface area contributed by atoms with Crippen LogP contribution in [0.2, 0.25) is 0 Å². The summed E-state index contributed by atoms with van der Waals surface area (Å²) in [7, 11) is 6.33. The average molecular weight is 250 g/mol. The van der Waals surface area contributed by atoms with Gasteiger partial charge in [-0.15, -0.1) is 0 Å².